The van der Waals surface area contributed by atoms with Crippen LogP contribution in [0.3, 0.4) is 0 Å². The lowest BCUT2D eigenvalue weighted by Crippen LogP contribution is -2.48. The third-order valence-electron chi connectivity index (χ3n) is 4.87. The molecule has 0 spiro atoms. The van der Waals surface area contributed by atoms with Crippen molar-refractivity contribution in [1.82, 2.24) is 9.88 Å². The van der Waals surface area contributed by atoms with Crippen molar-refractivity contribution in [2.75, 3.05) is 42.9 Å². The van der Waals surface area contributed by atoms with Crippen LogP contribution in [0.1, 0.15) is 10.4 Å². The summed E-state index contributed by atoms with van der Waals surface area (Å²) in [6, 6.07) is 4.36. The number of carbonyl (C=O) groups is 2. The fourth-order valence-electron chi connectivity index (χ4n) is 3.38. The second kappa shape index (κ2) is 9.72. The van der Waals surface area contributed by atoms with Gasteiger partial charge < -0.3 is 10.0 Å². The summed E-state index contributed by atoms with van der Waals surface area (Å²) in [5.41, 5.74) is 0.991. The molecule has 1 fully saturated rings. The first kappa shape index (κ1) is 22.9. The zero-order valence-electron chi connectivity index (χ0n) is 16.5. The highest BCUT2D eigenvalue weighted by atomic mass is 35.5. The molecule has 0 radical (unpaired) electrons. The molecule has 0 unspecified atom stereocenters. The summed E-state index contributed by atoms with van der Waals surface area (Å²) in [5.74, 6) is -2.03. The van der Waals surface area contributed by atoms with Crippen LogP contribution in [-0.2, 0) is 4.79 Å². The SMILES string of the molecule is O=C(O)CN1CCN(c2c(F)cc(C(=O)Nc3nc(-c4cc(Cl)cs4)cs3)cc2Cl)CC1. The largest absolute Gasteiger partial charge is 0.480 e. The number of thiazole rings is 1. The molecular formula is C20H17Cl2FN4O3S2. The Morgan fingerprint density at radius 1 is 1.12 bits per heavy atom. The van der Waals surface area contributed by atoms with Gasteiger partial charge in [-0.25, -0.2) is 9.37 Å². The molecule has 3 aromatic rings. The minimum Gasteiger partial charge on any atom is -0.480 e. The smallest absolute Gasteiger partial charge is 0.317 e. The van der Waals surface area contributed by atoms with Gasteiger partial charge in [-0.3, -0.25) is 19.8 Å². The third kappa shape index (κ3) is 5.21. The monoisotopic (exact) mass is 514 g/mol. The molecule has 2 N–H and O–H groups in total. The maximum atomic E-state index is 14.9. The van der Waals surface area contributed by atoms with E-state index in [-0.39, 0.29) is 22.8 Å². The van der Waals surface area contributed by atoms with Crippen molar-refractivity contribution < 1.29 is 19.1 Å². The predicted molar refractivity (Wildman–Crippen MR) is 126 cm³/mol. The molecule has 1 amide bonds. The summed E-state index contributed by atoms with van der Waals surface area (Å²) >= 11 is 15.0. The van der Waals surface area contributed by atoms with E-state index in [1.807, 2.05) is 0 Å². The standard InChI is InChI=1S/C20H17Cl2FN4O3S2/c21-12-7-16(31-9-12)15-10-32-20(24-15)25-19(30)11-5-13(22)18(14(23)6-11)27-3-1-26(2-4-27)8-17(28)29/h5-7,9-10H,1-4,8H2,(H,28,29)(H,24,25,30). The average molecular weight is 515 g/mol. The molecular weight excluding hydrogens is 498 g/mol. The maximum absolute atomic E-state index is 14.9. The van der Waals surface area contributed by atoms with Crippen LogP contribution in [0.25, 0.3) is 10.6 Å². The van der Waals surface area contributed by atoms with Crippen LogP contribution < -0.4 is 10.2 Å². The molecule has 7 nitrogen and oxygen atoms in total. The lowest BCUT2D eigenvalue weighted by atomic mass is 10.1. The van der Waals surface area contributed by atoms with Crippen molar-refractivity contribution in [3.63, 3.8) is 0 Å². The van der Waals surface area contributed by atoms with E-state index >= 15 is 0 Å². The van der Waals surface area contributed by atoms with E-state index in [0.29, 0.717) is 42.0 Å². The number of hydrogen-bond donors (Lipinski definition) is 2. The first-order valence-corrected chi connectivity index (χ1v) is 12.0. The van der Waals surface area contributed by atoms with Crippen LogP contribution in [0.2, 0.25) is 10.0 Å². The molecule has 0 aliphatic carbocycles. The van der Waals surface area contributed by atoms with Gasteiger partial charge in [0.05, 0.1) is 32.8 Å². The van der Waals surface area contributed by atoms with E-state index in [2.05, 4.69) is 10.3 Å². The number of aliphatic carboxylic acids is 1. The van der Waals surface area contributed by atoms with Crippen molar-refractivity contribution in [2.45, 2.75) is 0 Å². The fourth-order valence-corrected chi connectivity index (χ4v) is 5.52. The van der Waals surface area contributed by atoms with Gasteiger partial charge >= 0.3 is 5.97 Å². The van der Waals surface area contributed by atoms with Gasteiger partial charge in [-0.15, -0.1) is 22.7 Å². The number of aromatic nitrogens is 1. The molecule has 0 saturated carbocycles. The number of nitrogens with zero attached hydrogens (tertiary/aromatic N) is 3. The summed E-state index contributed by atoms with van der Waals surface area (Å²) in [7, 11) is 0. The van der Waals surface area contributed by atoms with Crippen LogP contribution >= 0.6 is 45.9 Å². The zero-order chi connectivity index (χ0) is 22.8. The number of thiophene rings is 1. The molecule has 168 valence electrons. The molecule has 1 aliphatic rings. The normalized spacial score (nSPS) is 14.5. The average Bonchev–Trinajstić information content (AvgIpc) is 3.37. The summed E-state index contributed by atoms with van der Waals surface area (Å²) < 4.78 is 14.9. The Morgan fingerprint density at radius 3 is 2.50 bits per heavy atom. The predicted octanol–water partition coefficient (Wildman–Crippen LogP) is 4.78. The lowest BCUT2D eigenvalue weighted by molar-refractivity contribution is -0.138. The Labute approximate surface area is 201 Å². The molecule has 3 heterocycles. The van der Waals surface area contributed by atoms with Gasteiger partial charge in [-0.2, -0.15) is 0 Å². The number of carboxylic acids is 1. The molecule has 1 aliphatic heterocycles. The number of carbonyl (C=O) groups excluding carboxylic acids is 1. The van der Waals surface area contributed by atoms with E-state index in [4.69, 9.17) is 28.3 Å². The van der Waals surface area contributed by atoms with E-state index in [9.17, 15) is 14.0 Å². The van der Waals surface area contributed by atoms with E-state index in [0.717, 1.165) is 10.9 Å². The van der Waals surface area contributed by atoms with Crippen LogP contribution in [0.5, 0.6) is 0 Å². The molecule has 32 heavy (non-hydrogen) atoms. The maximum Gasteiger partial charge on any atom is 0.317 e. The van der Waals surface area contributed by atoms with Gasteiger partial charge in [0.25, 0.3) is 5.91 Å². The number of hydrogen-bond acceptors (Lipinski definition) is 7. The highest BCUT2D eigenvalue weighted by Gasteiger charge is 2.24. The first-order valence-electron chi connectivity index (χ1n) is 9.49. The van der Waals surface area contributed by atoms with Crippen LogP contribution in [0.4, 0.5) is 15.2 Å². The highest BCUT2D eigenvalue weighted by molar-refractivity contribution is 7.16. The molecule has 4 rings (SSSR count). The number of benzene rings is 1. The Balaban J connectivity index is 1.44. The number of piperazine rings is 1. The van der Waals surface area contributed by atoms with Crippen molar-refractivity contribution >= 4 is 68.6 Å². The number of carboxylic acid groups (broad SMARTS) is 1. The Morgan fingerprint density at radius 2 is 1.88 bits per heavy atom. The molecule has 1 aromatic carbocycles. The van der Waals surface area contributed by atoms with E-state index in [1.165, 1.54) is 28.7 Å². The topological polar surface area (TPSA) is 85.8 Å². The van der Waals surface area contributed by atoms with Crippen LogP contribution in [0, 0.1) is 5.82 Å². The van der Waals surface area contributed by atoms with E-state index < -0.39 is 17.7 Å². The van der Waals surface area contributed by atoms with Crippen molar-refractivity contribution in [3.8, 4) is 10.6 Å². The molecule has 1 saturated heterocycles. The third-order valence-corrected chi connectivity index (χ3v) is 7.22. The van der Waals surface area contributed by atoms with Gasteiger partial charge in [0, 0.05) is 42.5 Å². The van der Waals surface area contributed by atoms with Crippen molar-refractivity contribution in [1.29, 1.82) is 0 Å². The molecule has 2 aromatic heterocycles. The second-order valence-corrected chi connectivity index (χ2v) is 9.68. The quantitative estimate of drug-likeness (QED) is 0.492. The van der Waals surface area contributed by atoms with Crippen LogP contribution in [0.15, 0.2) is 29.0 Å². The van der Waals surface area contributed by atoms with Crippen molar-refractivity contribution in [2.24, 2.45) is 0 Å². The van der Waals surface area contributed by atoms with E-state index in [1.54, 1.807) is 26.6 Å². The number of rotatable bonds is 6. The summed E-state index contributed by atoms with van der Waals surface area (Å²) in [6.07, 6.45) is 0. The first-order chi connectivity index (χ1) is 15.3. The summed E-state index contributed by atoms with van der Waals surface area (Å²) in [4.78, 5) is 32.3. The minimum absolute atomic E-state index is 0.0544. The minimum atomic E-state index is -0.899. The fraction of sp³-hybridized carbons (Fsp3) is 0.250. The van der Waals surface area contributed by atoms with Gasteiger partial charge in [-0.05, 0) is 18.2 Å². The molecule has 12 heteroatoms. The van der Waals surface area contributed by atoms with Gasteiger partial charge in [0.15, 0.2) is 5.13 Å². The number of amides is 1. The number of anilines is 2. The highest BCUT2D eigenvalue weighted by Crippen LogP contribution is 2.33. The zero-order valence-corrected chi connectivity index (χ0v) is 19.6. The van der Waals surface area contributed by atoms with Crippen LogP contribution in [-0.4, -0.2) is 59.6 Å². The number of halogens is 3. The number of nitrogens with one attached hydrogen (secondary N) is 1. The summed E-state index contributed by atoms with van der Waals surface area (Å²) in [6.45, 7) is 1.77. The Bertz CT molecular complexity index is 1140. The second-order valence-electron chi connectivity index (χ2n) is 7.07. The Hall–Kier alpha value is -2.24. The van der Waals surface area contributed by atoms with Gasteiger partial charge in [0.1, 0.15) is 5.82 Å². The lowest BCUT2D eigenvalue weighted by Gasteiger charge is -2.35. The molecule has 0 bridgehead atoms. The summed E-state index contributed by atoms with van der Waals surface area (Å²) in [5, 5.41) is 16.3. The van der Waals surface area contributed by atoms with Gasteiger partial charge in [-0.1, -0.05) is 23.2 Å². The Kier molecular flexibility index (Phi) is 6.96. The van der Waals surface area contributed by atoms with Crippen molar-refractivity contribution in [3.05, 3.63) is 50.4 Å². The van der Waals surface area contributed by atoms with Gasteiger partial charge in [0.2, 0.25) is 0 Å². The molecule has 0 atom stereocenters.